The molecule has 41 heavy (non-hydrogen) atoms. The highest BCUT2D eigenvalue weighted by Crippen LogP contribution is 2.27. The molecule has 4 aromatic carbocycles. The third-order valence-corrected chi connectivity index (χ3v) is 8.29. The van der Waals surface area contributed by atoms with Gasteiger partial charge < -0.3 is 10.2 Å². The highest BCUT2D eigenvalue weighted by molar-refractivity contribution is 7.92. The van der Waals surface area contributed by atoms with Crippen molar-refractivity contribution in [2.45, 2.75) is 23.9 Å². The molecule has 0 saturated heterocycles. The topological polar surface area (TPSA) is 86.8 Å². The summed E-state index contributed by atoms with van der Waals surface area (Å²) < 4.78 is 56.9. The van der Waals surface area contributed by atoms with Crippen molar-refractivity contribution in [2.75, 3.05) is 17.9 Å². The number of hydrogen-bond donors (Lipinski definition) is 1. The lowest BCUT2D eigenvalue weighted by Crippen LogP contribution is -2.53. The molecule has 0 unspecified atom stereocenters. The second kappa shape index (κ2) is 13.2. The number of hydrogen-bond acceptors (Lipinski definition) is 4. The van der Waals surface area contributed by atoms with Gasteiger partial charge in [0.05, 0.1) is 10.6 Å². The van der Waals surface area contributed by atoms with E-state index >= 15 is 4.39 Å². The van der Waals surface area contributed by atoms with Crippen LogP contribution in [0.3, 0.4) is 0 Å². The minimum Gasteiger partial charge on any atom is -0.357 e. The number of nitrogens with one attached hydrogen (secondary N) is 1. The highest BCUT2D eigenvalue weighted by atomic mass is 32.2. The summed E-state index contributed by atoms with van der Waals surface area (Å²) in [5.74, 6) is -2.54. The molecule has 0 spiro atoms. The predicted octanol–water partition coefficient (Wildman–Crippen LogP) is 4.55. The first-order valence-electron chi connectivity index (χ1n) is 12.8. The van der Waals surface area contributed by atoms with Gasteiger partial charge in [-0.1, -0.05) is 72.8 Å². The maximum Gasteiger partial charge on any atom is 0.264 e. The molecule has 0 radical (unpaired) electrons. The number of carbonyl (C=O) groups is 2. The fourth-order valence-electron chi connectivity index (χ4n) is 4.39. The Morgan fingerprint density at radius 2 is 1.37 bits per heavy atom. The number of carbonyl (C=O) groups excluding carboxylic acids is 2. The second-order valence-corrected chi connectivity index (χ2v) is 11.1. The molecular formula is C31H29F2N3O4S. The van der Waals surface area contributed by atoms with E-state index in [0.29, 0.717) is 9.87 Å². The Hall–Kier alpha value is -4.57. The Labute approximate surface area is 238 Å². The smallest absolute Gasteiger partial charge is 0.264 e. The maximum atomic E-state index is 15.0. The average Bonchev–Trinajstić information content (AvgIpc) is 2.99. The summed E-state index contributed by atoms with van der Waals surface area (Å²) in [5.41, 5.74) is 0.969. The van der Waals surface area contributed by atoms with Crippen LogP contribution >= 0.6 is 0 Å². The van der Waals surface area contributed by atoms with Gasteiger partial charge in [0.1, 0.15) is 24.2 Å². The number of likely N-dealkylation sites (N-methyl/N-ethyl adjacent to an activating group) is 1. The molecule has 10 heteroatoms. The van der Waals surface area contributed by atoms with E-state index in [2.05, 4.69) is 5.32 Å². The Morgan fingerprint density at radius 3 is 1.98 bits per heavy atom. The SMILES string of the molecule is CNC(=O)[C@@H](Cc1ccccc1)N(Cc1ccc(F)cc1)C(=O)CN(c1ccccc1F)S(=O)(=O)c1ccccc1. The molecule has 0 saturated carbocycles. The van der Waals surface area contributed by atoms with Crippen molar-refractivity contribution in [1.29, 1.82) is 0 Å². The third-order valence-electron chi connectivity index (χ3n) is 6.51. The predicted molar refractivity (Wildman–Crippen MR) is 152 cm³/mol. The van der Waals surface area contributed by atoms with Crippen LogP contribution in [0.4, 0.5) is 14.5 Å². The summed E-state index contributed by atoms with van der Waals surface area (Å²) in [6, 6.07) is 26.1. The van der Waals surface area contributed by atoms with Gasteiger partial charge in [-0.3, -0.25) is 13.9 Å². The lowest BCUT2D eigenvalue weighted by Gasteiger charge is -2.33. The van der Waals surface area contributed by atoms with Gasteiger partial charge in [0, 0.05) is 20.0 Å². The fraction of sp³-hybridized carbons (Fsp3) is 0.161. The van der Waals surface area contributed by atoms with Gasteiger partial charge in [0.2, 0.25) is 11.8 Å². The molecule has 0 heterocycles. The molecule has 212 valence electrons. The van der Waals surface area contributed by atoms with E-state index in [9.17, 15) is 22.4 Å². The summed E-state index contributed by atoms with van der Waals surface area (Å²) in [7, 11) is -2.96. The van der Waals surface area contributed by atoms with E-state index < -0.39 is 46.1 Å². The largest absolute Gasteiger partial charge is 0.357 e. The second-order valence-electron chi connectivity index (χ2n) is 9.24. The summed E-state index contributed by atoms with van der Waals surface area (Å²) in [6.45, 7) is -0.915. The van der Waals surface area contributed by atoms with Crippen molar-refractivity contribution in [3.05, 3.63) is 132 Å². The molecular weight excluding hydrogens is 548 g/mol. The zero-order valence-electron chi connectivity index (χ0n) is 22.3. The first-order valence-corrected chi connectivity index (χ1v) is 14.3. The number of nitrogens with zero attached hydrogens (tertiary/aromatic N) is 2. The number of halogens is 2. The Kier molecular flexibility index (Phi) is 9.46. The molecule has 0 aromatic heterocycles. The van der Waals surface area contributed by atoms with Crippen LogP contribution in [0, 0.1) is 11.6 Å². The van der Waals surface area contributed by atoms with E-state index in [1.807, 2.05) is 18.2 Å². The first kappa shape index (κ1) is 29.4. The van der Waals surface area contributed by atoms with Crippen LogP contribution in [0.2, 0.25) is 0 Å². The molecule has 0 aliphatic heterocycles. The first-order chi connectivity index (χ1) is 19.7. The van der Waals surface area contributed by atoms with E-state index in [1.165, 1.54) is 78.7 Å². The summed E-state index contributed by atoms with van der Waals surface area (Å²) in [6.07, 6.45) is 0.124. The molecule has 4 aromatic rings. The lowest BCUT2D eigenvalue weighted by molar-refractivity contribution is -0.139. The average molecular weight is 578 g/mol. The van der Waals surface area contributed by atoms with Gasteiger partial charge in [0.15, 0.2) is 0 Å². The van der Waals surface area contributed by atoms with Crippen LogP contribution < -0.4 is 9.62 Å². The summed E-state index contributed by atoms with van der Waals surface area (Å²) >= 11 is 0. The molecule has 0 aliphatic rings. The Balaban J connectivity index is 1.78. The van der Waals surface area contributed by atoms with Crippen molar-refractivity contribution in [3.8, 4) is 0 Å². The van der Waals surface area contributed by atoms with Gasteiger partial charge in [-0.15, -0.1) is 0 Å². The van der Waals surface area contributed by atoms with Crippen LogP contribution in [-0.4, -0.2) is 44.8 Å². The zero-order valence-corrected chi connectivity index (χ0v) is 23.1. The molecule has 7 nitrogen and oxygen atoms in total. The van der Waals surface area contributed by atoms with Crippen LogP contribution in [0.5, 0.6) is 0 Å². The molecule has 4 rings (SSSR count). The van der Waals surface area contributed by atoms with Gasteiger partial charge in [0.25, 0.3) is 10.0 Å². The number of sulfonamides is 1. The standard InChI is InChI=1S/C31H29F2N3O4S/c1-34-31(38)29(20-23-10-4-2-5-11-23)35(21-24-16-18-25(32)19-17-24)30(37)22-36(28-15-9-8-14-27(28)33)41(39,40)26-12-6-3-7-13-26/h2-19,29H,20-22H2,1H3,(H,34,38)/t29-/m1/s1. The van der Waals surface area contributed by atoms with Crippen LogP contribution in [0.15, 0.2) is 114 Å². The number of anilines is 1. The number of benzene rings is 4. The molecule has 2 amide bonds. The van der Waals surface area contributed by atoms with Crippen molar-refractivity contribution < 1.29 is 26.8 Å². The fourth-order valence-corrected chi connectivity index (χ4v) is 5.84. The zero-order chi connectivity index (χ0) is 29.4. The van der Waals surface area contributed by atoms with E-state index in [4.69, 9.17) is 0 Å². The van der Waals surface area contributed by atoms with Gasteiger partial charge in [-0.25, -0.2) is 17.2 Å². The monoisotopic (exact) mass is 577 g/mol. The third kappa shape index (κ3) is 7.15. The maximum absolute atomic E-state index is 15.0. The van der Waals surface area contributed by atoms with Crippen molar-refractivity contribution in [2.24, 2.45) is 0 Å². The number of para-hydroxylation sites is 1. The summed E-state index contributed by atoms with van der Waals surface area (Å²) in [5, 5.41) is 2.58. The van der Waals surface area contributed by atoms with E-state index in [1.54, 1.807) is 18.2 Å². The normalized spacial score (nSPS) is 11.9. The highest BCUT2D eigenvalue weighted by Gasteiger charge is 2.35. The van der Waals surface area contributed by atoms with Gasteiger partial charge in [-0.2, -0.15) is 0 Å². The van der Waals surface area contributed by atoms with Gasteiger partial charge >= 0.3 is 0 Å². The quantitative estimate of drug-likeness (QED) is 0.284. The molecule has 1 atom stereocenters. The molecule has 0 fully saturated rings. The van der Waals surface area contributed by atoms with Crippen molar-refractivity contribution in [3.63, 3.8) is 0 Å². The van der Waals surface area contributed by atoms with E-state index in [0.717, 1.165) is 11.6 Å². The van der Waals surface area contributed by atoms with E-state index in [-0.39, 0.29) is 23.5 Å². The van der Waals surface area contributed by atoms with Crippen LogP contribution in [-0.2, 0) is 32.6 Å². The lowest BCUT2D eigenvalue weighted by atomic mass is 10.0. The molecule has 0 aliphatic carbocycles. The Morgan fingerprint density at radius 1 is 0.780 bits per heavy atom. The van der Waals surface area contributed by atoms with Crippen molar-refractivity contribution in [1.82, 2.24) is 10.2 Å². The van der Waals surface area contributed by atoms with Crippen molar-refractivity contribution >= 4 is 27.5 Å². The molecule has 1 N–H and O–H groups in total. The minimum atomic E-state index is -4.40. The summed E-state index contributed by atoms with van der Waals surface area (Å²) in [4.78, 5) is 28.4. The van der Waals surface area contributed by atoms with Crippen LogP contribution in [0.1, 0.15) is 11.1 Å². The van der Waals surface area contributed by atoms with Gasteiger partial charge in [-0.05, 0) is 47.5 Å². The van der Waals surface area contributed by atoms with Crippen LogP contribution in [0.25, 0.3) is 0 Å². The molecule has 0 bridgehead atoms. The number of rotatable bonds is 11. The Bertz CT molecular complexity index is 1580. The minimum absolute atomic E-state index is 0.124. The number of amides is 2.